The maximum absolute atomic E-state index is 13.2. The summed E-state index contributed by atoms with van der Waals surface area (Å²) < 4.78 is 39.7. The van der Waals surface area contributed by atoms with Crippen molar-refractivity contribution < 1.29 is 18.0 Å². The molecule has 1 fully saturated rings. The second-order valence-electron chi connectivity index (χ2n) is 7.55. The summed E-state index contributed by atoms with van der Waals surface area (Å²) in [7, 11) is 0. The maximum Gasteiger partial charge on any atom is 0.434 e. The standard InChI is InChI=1S/C19H23F3N6OS/c1-3-18(2)6-9-28(10-7-18)16-12(15(24)29)26-17(14(23)27-16)30-11-5-4-8-25-13(11)19(20,21)22/h4-5,8H,3,6-7,9-10H2,1-2H3,(H2,23,27)(H2,24,29). The first kappa shape index (κ1) is 22.1. The molecular weight excluding hydrogens is 417 g/mol. The van der Waals surface area contributed by atoms with Crippen LogP contribution < -0.4 is 16.4 Å². The number of hydrogen-bond acceptors (Lipinski definition) is 7. The van der Waals surface area contributed by atoms with Crippen LogP contribution in [-0.4, -0.2) is 33.9 Å². The number of carbonyl (C=O) groups excluding carboxylic acids is 1. The average molecular weight is 440 g/mol. The lowest BCUT2D eigenvalue weighted by molar-refractivity contribution is -0.143. The molecule has 0 spiro atoms. The van der Waals surface area contributed by atoms with Gasteiger partial charge in [0.25, 0.3) is 5.91 Å². The predicted octanol–water partition coefficient (Wildman–Crippen LogP) is 3.74. The van der Waals surface area contributed by atoms with Gasteiger partial charge in [-0.1, -0.05) is 32.0 Å². The Morgan fingerprint density at radius 2 is 1.97 bits per heavy atom. The fourth-order valence-electron chi connectivity index (χ4n) is 3.29. The van der Waals surface area contributed by atoms with Crippen molar-refractivity contribution in [3.05, 3.63) is 29.7 Å². The molecule has 4 N–H and O–H groups in total. The van der Waals surface area contributed by atoms with Crippen LogP contribution in [0.3, 0.4) is 0 Å². The van der Waals surface area contributed by atoms with Gasteiger partial charge in [0.15, 0.2) is 23.0 Å². The molecule has 2 aromatic heterocycles. The summed E-state index contributed by atoms with van der Waals surface area (Å²) in [5.41, 5.74) is 10.6. The molecule has 162 valence electrons. The molecule has 1 saturated heterocycles. The number of amides is 1. The van der Waals surface area contributed by atoms with Crippen LogP contribution >= 0.6 is 11.8 Å². The molecule has 0 bridgehead atoms. The number of aromatic nitrogens is 3. The van der Waals surface area contributed by atoms with Gasteiger partial charge >= 0.3 is 6.18 Å². The molecule has 0 saturated carbocycles. The summed E-state index contributed by atoms with van der Waals surface area (Å²) >= 11 is 0.651. The van der Waals surface area contributed by atoms with Crippen LogP contribution in [-0.2, 0) is 6.18 Å². The number of nitrogens with zero attached hydrogens (tertiary/aromatic N) is 4. The minimum Gasteiger partial charge on any atom is -0.381 e. The van der Waals surface area contributed by atoms with Gasteiger partial charge in [0, 0.05) is 24.2 Å². The van der Waals surface area contributed by atoms with E-state index >= 15 is 0 Å². The highest BCUT2D eigenvalue weighted by molar-refractivity contribution is 7.99. The van der Waals surface area contributed by atoms with E-state index in [9.17, 15) is 18.0 Å². The van der Waals surface area contributed by atoms with Crippen molar-refractivity contribution in [3.8, 4) is 0 Å². The van der Waals surface area contributed by atoms with Crippen LogP contribution in [0.1, 0.15) is 49.3 Å². The van der Waals surface area contributed by atoms with Crippen LogP contribution in [0.25, 0.3) is 0 Å². The van der Waals surface area contributed by atoms with Crippen LogP contribution in [0.15, 0.2) is 28.3 Å². The fourth-order valence-corrected chi connectivity index (χ4v) is 4.19. The first-order valence-electron chi connectivity index (χ1n) is 9.46. The lowest BCUT2D eigenvalue weighted by Crippen LogP contribution is -2.40. The minimum atomic E-state index is -4.64. The first-order valence-corrected chi connectivity index (χ1v) is 10.3. The minimum absolute atomic E-state index is 0.0264. The SMILES string of the molecule is CCC1(C)CCN(c2nc(N)c(Sc3cccnc3C(F)(F)F)nc2C(N)=O)CC1. The van der Waals surface area contributed by atoms with Gasteiger partial charge < -0.3 is 16.4 Å². The van der Waals surface area contributed by atoms with E-state index in [0.717, 1.165) is 25.5 Å². The van der Waals surface area contributed by atoms with E-state index in [1.165, 1.54) is 12.1 Å². The van der Waals surface area contributed by atoms with Crippen molar-refractivity contribution in [2.24, 2.45) is 11.1 Å². The zero-order valence-corrected chi connectivity index (χ0v) is 17.5. The number of nitrogens with two attached hydrogens (primary N) is 2. The highest BCUT2D eigenvalue weighted by atomic mass is 32.2. The molecule has 3 heterocycles. The second-order valence-corrected chi connectivity index (χ2v) is 8.58. The summed E-state index contributed by atoms with van der Waals surface area (Å²) in [6.07, 6.45) is -0.730. The van der Waals surface area contributed by atoms with Crippen molar-refractivity contribution >= 4 is 29.3 Å². The number of carbonyl (C=O) groups is 1. The van der Waals surface area contributed by atoms with E-state index in [4.69, 9.17) is 11.5 Å². The van der Waals surface area contributed by atoms with Crippen molar-refractivity contribution in [2.75, 3.05) is 23.7 Å². The molecule has 7 nitrogen and oxygen atoms in total. The van der Waals surface area contributed by atoms with Crippen LogP contribution in [0, 0.1) is 5.41 Å². The highest BCUT2D eigenvalue weighted by Crippen LogP contribution is 2.40. The highest BCUT2D eigenvalue weighted by Gasteiger charge is 2.36. The topological polar surface area (TPSA) is 111 Å². The number of rotatable bonds is 5. The molecule has 0 unspecified atom stereocenters. The van der Waals surface area contributed by atoms with Crippen molar-refractivity contribution in [3.63, 3.8) is 0 Å². The van der Waals surface area contributed by atoms with Gasteiger partial charge in [-0.05, 0) is 30.4 Å². The first-order chi connectivity index (χ1) is 14.0. The fraction of sp³-hybridized carbons (Fsp3) is 0.474. The molecular formula is C19H23F3N6OS. The van der Waals surface area contributed by atoms with E-state index in [1.54, 1.807) is 0 Å². The number of anilines is 2. The Morgan fingerprint density at radius 3 is 2.53 bits per heavy atom. The van der Waals surface area contributed by atoms with Crippen molar-refractivity contribution in [2.45, 2.75) is 49.2 Å². The Morgan fingerprint density at radius 1 is 1.30 bits per heavy atom. The van der Waals surface area contributed by atoms with E-state index in [0.29, 0.717) is 24.9 Å². The van der Waals surface area contributed by atoms with E-state index < -0.39 is 17.8 Å². The molecule has 3 rings (SSSR count). The van der Waals surface area contributed by atoms with Gasteiger partial charge in [0.05, 0.1) is 0 Å². The summed E-state index contributed by atoms with van der Waals surface area (Å²) in [6.45, 7) is 5.67. The second kappa shape index (κ2) is 8.29. The Labute approximate surface area is 176 Å². The third kappa shape index (κ3) is 4.61. The maximum atomic E-state index is 13.2. The number of primary amides is 1. The quantitative estimate of drug-likeness (QED) is 0.728. The lowest BCUT2D eigenvalue weighted by atomic mass is 9.78. The van der Waals surface area contributed by atoms with Crippen molar-refractivity contribution in [1.29, 1.82) is 0 Å². The largest absolute Gasteiger partial charge is 0.434 e. The monoisotopic (exact) mass is 440 g/mol. The third-order valence-electron chi connectivity index (χ3n) is 5.47. The molecule has 2 aromatic rings. The zero-order chi connectivity index (χ0) is 22.1. The van der Waals surface area contributed by atoms with Crippen molar-refractivity contribution in [1.82, 2.24) is 15.0 Å². The number of alkyl halides is 3. The van der Waals surface area contributed by atoms with Crippen LogP contribution in [0.4, 0.5) is 24.8 Å². The van der Waals surface area contributed by atoms with Gasteiger partial charge in [-0.15, -0.1) is 0 Å². The van der Waals surface area contributed by atoms with E-state index in [-0.39, 0.29) is 32.7 Å². The zero-order valence-electron chi connectivity index (χ0n) is 16.7. The van der Waals surface area contributed by atoms with Gasteiger partial charge in [-0.25, -0.2) is 9.97 Å². The lowest BCUT2D eigenvalue weighted by Gasteiger charge is -2.39. The van der Waals surface area contributed by atoms with Gasteiger partial charge in [0.2, 0.25) is 0 Å². The Hall–Kier alpha value is -2.56. The molecule has 0 aliphatic carbocycles. The molecule has 1 aliphatic rings. The van der Waals surface area contributed by atoms with Gasteiger partial charge in [0.1, 0.15) is 5.03 Å². The number of pyridine rings is 1. The summed E-state index contributed by atoms with van der Waals surface area (Å²) in [5.74, 6) is -0.615. The van der Waals surface area contributed by atoms with Gasteiger partial charge in [-0.3, -0.25) is 9.78 Å². The number of halogens is 3. The number of nitrogen functional groups attached to an aromatic ring is 1. The summed E-state index contributed by atoms with van der Waals surface area (Å²) in [4.78, 5) is 25.6. The summed E-state index contributed by atoms with van der Waals surface area (Å²) in [5, 5.41) is -0.0264. The molecule has 1 aliphatic heterocycles. The normalized spacial score (nSPS) is 16.5. The smallest absolute Gasteiger partial charge is 0.381 e. The third-order valence-corrected chi connectivity index (χ3v) is 6.52. The van der Waals surface area contributed by atoms with Crippen LogP contribution in [0.2, 0.25) is 0 Å². The Bertz CT molecular complexity index is 944. The van der Waals surface area contributed by atoms with Crippen LogP contribution in [0.5, 0.6) is 0 Å². The van der Waals surface area contributed by atoms with E-state index in [1.807, 2.05) is 4.90 Å². The predicted molar refractivity (Wildman–Crippen MR) is 108 cm³/mol. The molecule has 1 amide bonds. The van der Waals surface area contributed by atoms with Gasteiger partial charge in [-0.2, -0.15) is 13.2 Å². The Kier molecular flexibility index (Phi) is 6.11. The van der Waals surface area contributed by atoms with E-state index in [2.05, 4.69) is 28.8 Å². The molecule has 0 radical (unpaired) electrons. The summed E-state index contributed by atoms with van der Waals surface area (Å²) in [6, 6.07) is 2.64. The number of piperidine rings is 1. The number of hydrogen-bond donors (Lipinski definition) is 2. The average Bonchev–Trinajstić information content (AvgIpc) is 2.69. The molecule has 0 atom stereocenters. The Balaban J connectivity index is 1.95. The molecule has 30 heavy (non-hydrogen) atoms. The molecule has 11 heteroatoms. The molecule has 0 aromatic carbocycles.